The van der Waals surface area contributed by atoms with Crippen LogP contribution in [0.3, 0.4) is 0 Å². The molecule has 1 aliphatic heterocycles. The first-order chi connectivity index (χ1) is 8.29. The van der Waals surface area contributed by atoms with Gasteiger partial charge in [-0.1, -0.05) is 0 Å². The van der Waals surface area contributed by atoms with Gasteiger partial charge in [0.2, 0.25) is 5.88 Å². The number of rotatable bonds is 3. The Balaban J connectivity index is 2.02. The number of hydrogen-bond donors (Lipinski definition) is 1. The molecule has 1 N–H and O–H groups in total. The molecule has 5 heteroatoms. The highest BCUT2D eigenvalue weighted by Gasteiger charge is 2.15. The van der Waals surface area contributed by atoms with Gasteiger partial charge in [0.25, 0.3) is 0 Å². The van der Waals surface area contributed by atoms with Crippen LogP contribution in [0.15, 0.2) is 18.3 Å². The maximum atomic E-state index is 11.3. The standard InChI is InChI=1S/C12H16N2O3/c1-16-12(15)9-4-6-14-11(7-9)17-10-3-2-5-13-8-10/h4,6-7,10,13H,2-3,5,8H2,1H3. The maximum Gasteiger partial charge on any atom is 0.338 e. The lowest BCUT2D eigenvalue weighted by atomic mass is 10.1. The Kier molecular flexibility index (Phi) is 3.93. The molecule has 0 saturated carbocycles. The molecule has 0 bridgehead atoms. The van der Waals surface area contributed by atoms with Gasteiger partial charge in [-0.25, -0.2) is 9.78 Å². The predicted octanol–water partition coefficient (Wildman–Crippen LogP) is 0.999. The summed E-state index contributed by atoms with van der Waals surface area (Å²) in [5, 5.41) is 3.26. The van der Waals surface area contributed by atoms with E-state index >= 15 is 0 Å². The summed E-state index contributed by atoms with van der Waals surface area (Å²) in [6, 6.07) is 3.22. The number of nitrogens with one attached hydrogen (secondary N) is 1. The van der Waals surface area contributed by atoms with Crippen molar-refractivity contribution in [2.45, 2.75) is 18.9 Å². The van der Waals surface area contributed by atoms with Gasteiger partial charge in [-0.2, -0.15) is 0 Å². The molecule has 1 atom stereocenters. The first-order valence-electron chi connectivity index (χ1n) is 5.71. The first-order valence-corrected chi connectivity index (χ1v) is 5.71. The Bertz CT molecular complexity index is 389. The largest absolute Gasteiger partial charge is 0.473 e. The zero-order valence-corrected chi connectivity index (χ0v) is 9.81. The van der Waals surface area contributed by atoms with Crippen molar-refractivity contribution >= 4 is 5.97 Å². The Morgan fingerprint density at radius 3 is 3.18 bits per heavy atom. The molecule has 0 radical (unpaired) electrons. The van der Waals surface area contributed by atoms with Crippen molar-refractivity contribution < 1.29 is 14.3 Å². The van der Waals surface area contributed by atoms with E-state index in [1.165, 1.54) is 7.11 Å². The summed E-state index contributed by atoms with van der Waals surface area (Å²) in [6.07, 6.45) is 3.79. The van der Waals surface area contributed by atoms with Crippen LogP contribution >= 0.6 is 0 Å². The third-order valence-electron chi connectivity index (χ3n) is 2.70. The summed E-state index contributed by atoms with van der Waals surface area (Å²) in [5.74, 6) is 0.0978. The SMILES string of the molecule is COC(=O)c1ccnc(OC2CCCNC2)c1. The monoisotopic (exact) mass is 236 g/mol. The predicted molar refractivity (Wildman–Crippen MR) is 62.1 cm³/mol. The summed E-state index contributed by atoms with van der Waals surface area (Å²) in [7, 11) is 1.36. The quantitative estimate of drug-likeness (QED) is 0.793. The fourth-order valence-electron chi connectivity index (χ4n) is 1.81. The first kappa shape index (κ1) is 11.9. The van der Waals surface area contributed by atoms with E-state index in [-0.39, 0.29) is 12.1 Å². The number of carbonyl (C=O) groups excluding carboxylic acids is 1. The highest BCUT2D eigenvalue weighted by molar-refractivity contribution is 5.89. The second-order valence-electron chi connectivity index (χ2n) is 3.96. The van der Waals surface area contributed by atoms with E-state index in [0.29, 0.717) is 11.4 Å². The summed E-state index contributed by atoms with van der Waals surface area (Å²) in [4.78, 5) is 15.4. The third-order valence-corrected chi connectivity index (χ3v) is 2.70. The smallest absolute Gasteiger partial charge is 0.338 e. The van der Waals surface area contributed by atoms with Crippen molar-refractivity contribution in [2.75, 3.05) is 20.2 Å². The number of carbonyl (C=O) groups is 1. The van der Waals surface area contributed by atoms with Crippen LogP contribution < -0.4 is 10.1 Å². The van der Waals surface area contributed by atoms with Gasteiger partial charge in [-0.15, -0.1) is 0 Å². The minimum Gasteiger partial charge on any atom is -0.473 e. The number of hydrogen-bond acceptors (Lipinski definition) is 5. The van der Waals surface area contributed by atoms with E-state index in [1.54, 1.807) is 18.3 Å². The summed E-state index contributed by atoms with van der Waals surface area (Å²) in [5.41, 5.74) is 0.460. The molecule has 1 unspecified atom stereocenters. The van der Waals surface area contributed by atoms with Crippen LogP contribution in [0.1, 0.15) is 23.2 Å². The lowest BCUT2D eigenvalue weighted by Crippen LogP contribution is -2.37. The van der Waals surface area contributed by atoms with Crippen molar-refractivity contribution in [3.8, 4) is 5.88 Å². The van der Waals surface area contributed by atoms with Crippen LogP contribution in [0.25, 0.3) is 0 Å². The van der Waals surface area contributed by atoms with Gasteiger partial charge in [0.15, 0.2) is 0 Å². The highest BCUT2D eigenvalue weighted by Crippen LogP contribution is 2.15. The number of ether oxygens (including phenoxy) is 2. The van der Waals surface area contributed by atoms with E-state index in [1.807, 2.05) is 0 Å². The van der Waals surface area contributed by atoms with Crippen LogP contribution in [0, 0.1) is 0 Å². The number of esters is 1. The third kappa shape index (κ3) is 3.17. The number of methoxy groups -OCH3 is 1. The number of nitrogens with zero attached hydrogens (tertiary/aromatic N) is 1. The molecule has 0 amide bonds. The molecule has 1 saturated heterocycles. The average Bonchev–Trinajstić information content (AvgIpc) is 2.39. The van der Waals surface area contributed by atoms with Crippen LogP contribution in [-0.2, 0) is 4.74 Å². The van der Waals surface area contributed by atoms with E-state index in [2.05, 4.69) is 15.0 Å². The molecule has 1 fully saturated rings. The van der Waals surface area contributed by atoms with Crippen molar-refractivity contribution in [2.24, 2.45) is 0 Å². The normalized spacial score (nSPS) is 19.7. The summed E-state index contributed by atoms with van der Waals surface area (Å²) in [6.45, 7) is 1.86. The van der Waals surface area contributed by atoms with Gasteiger partial charge in [0.1, 0.15) is 6.10 Å². The van der Waals surface area contributed by atoms with Gasteiger partial charge in [0, 0.05) is 18.8 Å². The second kappa shape index (κ2) is 5.63. The molecule has 2 heterocycles. The minimum atomic E-state index is -0.376. The number of pyridine rings is 1. The summed E-state index contributed by atoms with van der Waals surface area (Å²) < 4.78 is 10.4. The average molecular weight is 236 g/mol. The topological polar surface area (TPSA) is 60.5 Å². The molecule has 0 aromatic carbocycles. The number of piperidine rings is 1. The molecule has 92 valence electrons. The molecule has 2 rings (SSSR count). The second-order valence-corrected chi connectivity index (χ2v) is 3.96. The van der Waals surface area contributed by atoms with Crippen LogP contribution in [0.5, 0.6) is 5.88 Å². The Hall–Kier alpha value is -1.62. The molecule has 1 aromatic rings. The molecule has 17 heavy (non-hydrogen) atoms. The van der Waals surface area contributed by atoms with Crippen molar-refractivity contribution in [1.82, 2.24) is 10.3 Å². The van der Waals surface area contributed by atoms with E-state index < -0.39 is 0 Å². The Morgan fingerprint density at radius 2 is 2.47 bits per heavy atom. The zero-order chi connectivity index (χ0) is 12.1. The molecule has 0 spiro atoms. The fraction of sp³-hybridized carbons (Fsp3) is 0.500. The summed E-state index contributed by atoms with van der Waals surface area (Å²) >= 11 is 0. The zero-order valence-electron chi connectivity index (χ0n) is 9.81. The highest BCUT2D eigenvalue weighted by atomic mass is 16.5. The van der Waals surface area contributed by atoms with Crippen LogP contribution in [0.4, 0.5) is 0 Å². The molecule has 5 nitrogen and oxygen atoms in total. The molecular formula is C12H16N2O3. The van der Waals surface area contributed by atoms with Gasteiger partial charge >= 0.3 is 5.97 Å². The Morgan fingerprint density at radius 1 is 1.59 bits per heavy atom. The van der Waals surface area contributed by atoms with Crippen molar-refractivity contribution in [3.63, 3.8) is 0 Å². The van der Waals surface area contributed by atoms with Crippen LogP contribution in [-0.4, -0.2) is 37.3 Å². The molecule has 1 aliphatic rings. The van der Waals surface area contributed by atoms with Gasteiger partial charge in [0.05, 0.1) is 12.7 Å². The Labute approximate surface area is 100 Å². The molecule has 0 aliphatic carbocycles. The van der Waals surface area contributed by atoms with Gasteiger partial charge < -0.3 is 14.8 Å². The molecule has 1 aromatic heterocycles. The lowest BCUT2D eigenvalue weighted by Gasteiger charge is -2.23. The van der Waals surface area contributed by atoms with Crippen LogP contribution in [0.2, 0.25) is 0 Å². The van der Waals surface area contributed by atoms with E-state index in [4.69, 9.17) is 4.74 Å². The van der Waals surface area contributed by atoms with E-state index in [9.17, 15) is 4.79 Å². The van der Waals surface area contributed by atoms with Crippen molar-refractivity contribution in [3.05, 3.63) is 23.9 Å². The van der Waals surface area contributed by atoms with Crippen molar-refractivity contribution in [1.29, 1.82) is 0 Å². The van der Waals surface area contributed by atoms with E-state index in [0.717, 1.165) is 25.9 Å². The van der Waals surface area contributed by atoms with Gasteiger partial charge in [-0.3, -0.25) is 0 Å². The van der Waals surface area contributed by atoms with Gasteiger partial charge in [-0.05, 0) is 25.5 Å². The fourth-order valence-corrected chi connectivity index (χ4v) is 1.81. The number of aromatic nitrogens is 1. The molecular weight excluding hydrogens is 220 g/mol. The maximum absolute atomic E-state index is 11.3. The lowest BCUT2D eigenvalue weighted by molar-refractivity contribution is 0.0599. The minimum absolute atomic E-state index is 0.129.